The highest BCUT2D eigenvalue weighted by Crippen LogP contribution is 2.30. The highest BCUT2D eigenvalue weighted by molar-refractivity contribution is 7.18. The number of ether oxygens (including phenoxy) is 1. The Labute approximate surface area is 168 Å². The predicted octanol–water partition coefficient (Wildman–Crippen LogP) is 4.41. The summed E-state index contributed by atoms with van der Waals surface area (Å²) in [5.74, 6) is -0.538. The zero-order valence-corrected chi connectivity index (χ0v) is 15.8. The molecule has 0 radical (unpaired) electrons. The van der Waals surface area contributed by atoms with Gasteiger partial charge in [-0.05, 0) is 35.0 Å². The molecule has 7 nitrogen and oxygen atoms in total. The van der Waals surface area contributed by atoms with Crippen molar-refractivity contribution in [3.8, 4) is 5.88 Å². The molecule has 2 heterocycles. The average Bonchev–Trinajstić information content (AvgIpc) is 3.35. The molecule has 4 aromatic rings. The number of hydrogen-bond acceptors (Lipinski definition) is 8. The Morgan fingerprint density at radius 3 is 2.69 bits per heavy atom. The maximum atomic E-state index is 13.0. The smallest absolute Gasteiger partial charge is 0.255 e. The standard InChI is InChI=1S/C20H15FN4O3S/c21-13-6-8-14(9-7-13)23-20-24-19(22)18(29-20)17(26)15-10-16(25-28-15)27-11-12-4-2-1-3-5-12/h1-10H,11,22H2,(H,23,24). The van der Waals surface area contributed by atoms with Gasteiger partial charge in [-0.25, -0.2) is 9.37 Å². The second kappa shape index (κ2) is 8.11. The van der Waals surface area contributed by atoms with Gasteiger partial charge in [0.25, 0.3) is 5.88 Å². The molecular weight excluding hydrogens is 395 g/mol. The lowest BCUT2D eigenvalue weighted by atomic mass is 10.2. The summed E-state index contributed by atoms with van der Waals surface area (Å²) in [5.41, 5.74) is 7.47. The van der Waals surface area contributed by atoms with Crippen LogP contribution < -0.4 is 15.8 Å². The molecule has 29 heavy (non-hydrogen) atoms. The van der Waals surface area contributed by atoms with Gasteiger partial charge >= 0.3 is 0 Å². The van der Waals surface area contributed by atoms with Gasteiger partial charge in [0.15, 0.2) is 5.13 Å². The van der Waals surface area contributed by atoms with Crippen molar-refractivity contribution in [3.05, 3.63) is 82.7 Å². The number of nitrogens with two attached hydrogens (primary N) is 1. The van der Waals surface area contributed by atoms with Crippen LogP contribution in [0.3, 0.4) is 0 Å². The van der Waals surface area contributed by atoms with Gasteiger partial charge in [0.2, 0.25) is 11.5 Å². The van der Waals surface area contributed by atoms with Gasteiger partial charge in [0, 0.05) is 5.69 Å². The van der Waals surface area contributed by atoms with E-state index < -0.39 is 5.78 Å². The maximum Gasteiger partial charge on any atom is 0.255 e. The number of anilines is 3. The van der Waals surface area contributed by atoms with Crippen LogP contribution in [0.15, 0.2) is 65.2 Å². The van der Waals surface area contributed by atoms with E-state index >= 15 is 0 Å². The van der Waals surface area contributed by atoms with Crippen molar-refractivity contribution in [2.45, 2.75) is 6.61 Å². The van der Waals surface area contributed by atoms with Gasteiger partial charge in [-0.15, -0.1) is 0 Å². The second-order valence-electron chi connectivity index (χ2n) is 6.00. The molecule has 2 aromatic heterocycles. The largest absolute Gasteiger partial charge is 0.471 e. The Bertz CT molecular complexity index is 1130. The summed E-state index contributed by atoms with van der Waals surface area (Å²) in [4.78, 5) is 17.0. The highest BCUT2D eigenvalue weighted by atomic mass is 32.1. The summed E-state index contributed by atoms with van der Waals surface area (Å²) in [5, 5.41) is 7.14. The summed E-state index contributed by atoms with van der Waals surface area (Å²) >= 11 is 1.06. The molecule has 0 spiro atoms. The summed E-state index contributed by atoms with van der Waals surface area (Å²) in [6.07, 6.45) is 0. The number of thiazole rings is 1. The highest BCUT2D eigenvalue weighted by Gasteiger charge is 2.22. The van der Waals surface area contributed by atoms with Gasteiger partial charge in [-0.1, -0.05) is 41.7 Å². The third kappa shape index (κ3) is 4.41. The first-order valence-electron chi connectivity index (χ1n) is 8.55. The molecule has 0 aliphatic heterocycles. The molecule has 4 rings (SSSR count). The molecule has 0 aliphatic carbocycles. The van der Waals surface area contributed by atoms with Crippen LogP contribution in [0.1, 0.15) is 21.0 Å². The molecule has 0 saturated heterocycles. The van der Waals surface area contributed by atoms with Crippen molar-refractivity contribution in [2.75, 3.05) is 11.1 Å². The summed E-state index contributed by atoms with van der Waals surface area (Å²) in [6, 6.07) is 16.7. The van der Waals surface area contributed by atoms with Crippen LogP contribution in [0, 0.1) is 5.82 Å². The number of ketones is 1. The lowest BCUT2D eigenvalue weighted by Gasteiger charge is -2.00. The first kappa shape index (κ1) is 18.6. The van der Waals surface area contributed by atoms with E-state index in [2.05, 4.69) is 15.5 Å². The number of carbonyl (C=O) groups is 1. The van der Waals surface area contributed by atoms with Crippen LogP contribution >= 0.6 is 11.3 Å². The fourth-order valence-electron chi connectivity index (χ4n) is 2.48. The van der Waals surface area contributed by atoms with Crippen molar-refractivity contribution in [1.82, 2.24) is 10.1 Å². The summed E-state index contributed by atoms with van der Waals surface area (Å²) in [7, 11) is 0. The van der Waals surface area contributed by atoms with E-state index in [4.69, 9.17) is 15.0 Å². The van der Waals surface area contributed by atoms with Crippen LogP contribution in [-0.4, -0.2) is 15.9 Å². The maximum absolute atomic E-state index is 13.0. The van der Waals surface area contributed by atoms with Crippen molar-refractivity contribution in [1.29, 1.82) is 0 Å². The van der Waals surface area contributed by atoms with E-state index in [1.165, 1.54) is 18.2 Å². The Morgan fingerprint density at radius 1 is 1.17 bits per heavy atom. The fraction of sp³-hybridized carbons (Fsp3) is 0.0500. The van der Waals surface area contributed by atoms with Crippen LogP contribution in [0.2, 0.25) is 0 Å². The number of hydrogen-bond donors (Lipinski definition) is 2. The minimum absolute atomic E-state index is 0.00301. The van der Waals surface area contributed by atoms with Crippen molar-refractivity contribution >= 4 is 33.8 Å². The number of carbonyl (C=O) groups excluding carboxylic acids is 1. The quantitative estimate of drug-likeness (QED) is 0.435. The van der Waals surface area contributed by atoms with Crippen molar-refractivity contribution in [3.63, 3.8) is 0 Å². The predicted molar refractivity (Wildman–Crippen MR) is 107 cm³/mol. The number of aromatic nitrogens is 2. The second-order valence-corrected chi connectivity index (χ2v) is 7.00. The van der Waals surface area contributed by atoms with Crippen LogP contribution in [0.5, 0.6) is 5.88 Å². The van der Waals surface area contributed by atoms with E-state index in [1.54, 1.807) is 12.1 Å². The molecule has 0 unspecified atom stereocenters. The molecule has 146 valence electrons. The third-order valence-corrected chi connectivity index (χ3v) is 4.88. The molecule has 0 bridgehead atoms. The van der Waals surface area contributed by atoms with E-state index in [1.807, 2.05) is 30.3 Å². The van der Waals surface area contributed by atoms with Gasteiger partial charge in [-0.2, -0.15) is 0 Å². The SMILES string of the molecule is Nc1nc(Nc2ccc(F)cc2)sc1C(=O)c1cc(OCc2ccccc2)no1. The van der Waals surface area contributed by atoms with E-state index in [-0.39, 0.29) is 28.2 Å². The Morgan fingerprint density at radius 2 is 1.93 bits per heavy atom. The number of rotatable bonds is 7. The minimum atomic E-state index is -0.450. The summed E-state index contributed by atoms with van der Waals surface area (Å²) < 4.78 is 23.6. The number of nitrogens with one attached hydrogen (secondary N) is 1. The molecular formula is C20H15FN4O3S. The van der Waals surface area contributed by atoms with Crippen LogP contribution in [-0.2, 0) is 6.61 Å². The van der Waals surface area contributed by atoms with Gasteiger partial charge in [-0.3, -0.25) is 4.79 Å². The van der Waals surface area contributed by atoms with Crippen LogP contribution in [0.4, 0.5) is 21.0 Å². The van der Waals surface area contributed by atoms with Gasteiger partial charge < -0.3 is 20.3 Å². The lowest BCUT2D eigenvalue weighted by molar-refractivity contribution is 0.100. The Balaban J connectivity index is 1.45. The Hall–Kier alpha value is -3.72. The molecule has 2 aromatic carbocycles. The van der Waals surface area contributed by atoms with Crippen molar-refractivity contribution in [2.24, 2.45) is 0 Å². The molecule has 3 N–H and O–H groups in total. The number of benzene rings is 2. The van der Waals surface area contributed by atoms with Crippen molar-refractivity contribution < 1.29 is 18.4 Å². The topological polar surface area (TPSA) is 103 Å². The first-order chi connectivity index (χ1) is 14.1. The Kier molecular flexibility index (Phi) is 5.21. The van der Waals surface area contributed by atoms with E-state index in [0.717, 1.165) is 16.9 Å². The molecule has 0 aliphatic rings. The molecule has 0 atom stereocenters. The third-order valence-electron chi connectivity index (χ3n) is 3.90. The number of nitrogens with zero attached hydrogens (tertiary/aromatic N) is 2. The monoisotopic (exact) mass is 410 g/mol. The zero-order chi connectivity index (χ0) is 20.2. The minimum Gasteiger partial charge on any atom is -0.471 e. The fourth-order valence-corrected chi connectivity index (χ4v) is 3.33. The van der Waals surface area contributed by atoms with Crippen LogP contribution in [0.25, 0.3) is 0 Å². The van der Waals surface area contributed by atoms with E-state index in [0.29, 0.717) is 17.4 Å². The van der Waals surface area contributed by atoms with Gasteiger partial charge in [0.05, 0.1) is 6.07 Å². The summed E-state index contributed by atoms with van der Waals surface area (Å²) in [6.45, 7) is 0.301. The normalized spacial score (nSPS) is 10.7. The first-order valence-corrected chi connectivity index (χ1v) is 9.37. The molecule has 0 amide bonds. The lowest BCUT2D eigenvalue weighted by Crippen LogP contribution is -2.01. The molecule has 0 saturated carbocycles. The molecule has 0 fully saturated rings. The van der Waals surface area contributed by atoms with Gasteiger partial charge in [0.1, 0.15) is 23.1 Å². The molecule has 9 heteroatoms. The number of halogens is 1. The zero-order valence-electron chi connectivity index (χ0n) is 15.0. The van der Waals surface area contributed by atoms with E-state index in [9.17, 15) is 9.18 Å². The average molecular weight is 410 g/mol. The number of nitrogen functional groups attached to an aromatic ring is 1.